The minimum atomic E-state index is -3.41. The van der Waals surface area contributed by atoms with E-state index in [0.717, 1.165) is 23.9 Å². The van der Waals surface area contributed by atoms with Crippen LogP contribution in [0.25, 0.3) is 10.8 Å². The van der Waals surface area contributed by atoms with Crippen molar-refractivity contribution in [3.05, 3.63) is 42.5 Å². The molecule has 2 aromatic carbocycles. The van der Waals surface area contributed by atoms with E-state index in [2.05, 4.69) is 4.90 Å². The van der Waals surface area contributed by atoms with Gasteiger partial charge in [0.25, 0.3) is 0 Å². The Bertz CT molecular complexity index is 1040. The molecular formula is C24H32N2O6S. The molecule has 0 atom stereocenters. The number of fused-ring (bicyclic) bond motifs is 1. The standard InChI is InChI=1S/C22H30N2O2S.C2H2O4/c25-27(26,22-13-12-19-8-6-7-9-20(19)18-22)24-16-14-23(15-17-24)21-10-4-2-1-3-5-11-21;3-1(4)2(5)6/h6-9,12-13,18,21H,1-5,10-11,14-17H2;(H,3,4)(H,5,6). The van der Waals surface area contributed by atoms with Gasteiger partial charge in [-0.05, 0) is 35.7 Å². The van der Waals surface area contributed by atoms with Crippen molar-refractivity contribution in [2.75, 3.05) is 26.2 Å². The van der Waals surface area contributed by atoms with E-state index in [1.165, 1.54) is 44.9 Å². The number of benzene rings is 2. The van der Waals surface area contributed by atoms with E-state index in [4.69, 9.17) is 19.8 Å². The summed E-state index contributed by atoms with van der Waals surface area (Å²) in [5.41, 5.74) is 0. The van der Waals surface area contributed by atoms with E-state index in [0.29, 0.717) is 24.0 Å². The van der Waals surface area contributed by atoms with Crippen molar-refractivity contribution in [2.24, 2.45) is 0 Å². The molecule has 0 unspecified atom stereocenters. The topological polar surface area (TPSA) is 115 Å². The van der Waals surface area contributed by atoms with Gasteiger partial charge in [0.15, 0.2) is 0 Å². The third-order valence-electron chi connectivity index (χ3n) is 6.41. The van der Waals surface area contributed by atoms with Crippen molar-refractivity contribution < 1.29 is 28.2 Å². The zero-order valence-electron chi connectivity index (χ0n) is 18.7. The van der Waals surface area contributed by atoms with Gasteiger partial charge in [-0.25, -0.2) is 18.0 Å². The maximum atomic E-state index is 13.1. The summed E-state index contributed by atoms with van der Waals surface area (Å²) in [6.45, 7) is 2.92. The maximum Gasteiger partial charge on any atom is 0.414 e. The van der Waals surface area contributed by atoms with Gasteiger partial charge in [0.05, 0.1) is 4.90 Å². The average molecular weight is 477 g/mol. The van der Waals surface area contributed by atoms with Crippen LogP contribution in [-0.4, -0.2) is 72.0 Å². The Kier molecular flexibility index (Phi) is 8.82. The molecule has 180 valence electrons. The van der Waals surface area contributed by atoms with Gasteiger partial charge in [-0.15, -0.1) is 0 Å². The van der Waals surface area contributed by atoms with E-state index < -0.39 is 22.0 Å². The van der Waals surface area contributed by atoms with Crippen LogP contribution in [0.2, 0.25) is 0 Å². The first-order valence-electron chi connectivity index (χ1n) is 11.5. The number of rotatable bonds is 3. The minimum absolute atomic E-state index is 0.417. The SMILES string of the molecule is O=C(O)C(=O)O.O=S(=O)(c1ccc2ccccc2c1)N1CCN(C2CCCCCCC2)CC1. The number of carboxylic acid groups (broad SMARTS) is 2. The monoisotopic (exact) mass is 476 g/mol. The largest absolute Gasteiger partial charge is 0.473 e. The quantitative estimate of drug-likeness (QED) is 0.652. The fraction of sp³-hybridized carbons (Fsp3) is 0.500. The van der Waals surface area contributed by atoms with Crippen molar-refractivity contribution >= 4 is 32.7 Å². The Hall–Kier alpha value is -2.49. The first-order valence-corrected chi connectivity index (χ1v) is 12.9. The molecule has 2 aliphatic rings. The lowest BCUT2D eigenvalue weighted by molar-refractivity contribution is -0.159. The van der Waals surface area contributed by atoms with E-state index in [1.807, 2.05) is 36.4 Å². The number of hydrogen-bond donors (Lipinski definition) is 2. The van der Waals surface area contributed by atoms with Gasteiger partial charge in [-0.1, -0.05) is 62.4 Å². The number of hydrogen-bond acceptors (Lipinski definition) is 5. The average Bonchev–Trinajstić information content (AvgIpc) is 2.79. The van der Waals surface area contributed by atoms with Crippen LogP contribution in [0.3, 0.4) is 0 Å². The van der Waals surface area contributed by atoms with Gasteiger partial charge in [-0.2, -0.15) is 4.31 Å². The summed E-state index contributed by atoms with van der Waals surface area (Å²) in [5, 5.41) is 16.8. The van der Waals surface area contributed by atoms with Crippen molar-refractivity contribution in [1.82, 2.24) is 9.21 Å². The number of aliphatic carboxylic acids is 2. The number of piperazine rings is 1. The Morgan fingerprint density at radius 1 is 0.758 bits per heavy atom. The number of carbonyl (C=O) groups is 2. The number of sulfonamides is 1. The fourth-order valence-corrected chi connectivity index (χ4v) is 6.04. The first-order chi connectivity index (χ1) is 15.8. The van der Waals surface area contributed by atoms with Crippen LogP contribution in [0.1, 0.15) is 44.9 Å². The summed E-state index contributed by atoms with van der Waals surface area (Å²) in [4.78, 5) is 21.2. The lowest BCUT2D eigenvalue weighted by Crippen LogP contribution is -2.51. The fourth-order valence-electron chi connectivity index (χ4n) is 4.59. The molecule has 1 heterocycles. The van der Waals surface area contributed by atoms with Gasteiger partial charge in [-0.3, -0.25) is 4.90 Å². The molecule has 2 aromatic rings. The second-order valence-corrected chi connectivity index (χ2v) is 10.5. The van der Waals surface area contributed by atoms with Gasteiger partial charge < -0.3 is 10.2 Å². The van der Waals surface area contributed by atoms with Crippen molar-refractivity contribution in [3.63, 3.8) is 0 Å². The molecule has 2 N–H and O–H groups in total. The second-order valence-electron chi connectivity index (χ2n) is 8.56. The number of carboxylic acids is 2. The highest BCUT2D eigenvalue weighted by Crippen LogP contribution is 2.26. The van der Waals surface area contributed by atoms with Crippen LogP contribution in [0, 0.1) is 0 Å². The molecule has 1 saturated heterocycles. The minimum Gasteiger partial charge on any atom is -0.473 e. The summed E-state index contributed by atoms with van der Waals surface area (Å²) >= 11 is 0. The van der Waals surface area contributed by atoms with Gasteiger partial charge in [0, 0.05) is 32.2 Å². The summed E-state index contributed by atoms with van der Waals surface area (Å²) in [6.07, 6.45) is 9.28. The molecule has 0 amide bonds. The molecule has 33 heavy (non-hydrogen) atoms. The summed E-state index contributed by atoms with van der Waals surface area (Å²) in [5.74, 6) is -3.65. The van der Waals surface area contributed by atoms with Crippen LogP contribution >= 0.6 is 0 Å². The van der Waals surface area contributed by atoms with E-state index in [-0.39, 0.29) is 0 Å². The molecule has 0 spiro atoms. The molecule has 9 heteroatoms. The summed E-state index contributed by atoms with van der Waals surface area (Å²) in [7, 11) is -3.41. The van der Waals surface area contributed by atoms with Crippen LogP contribution in [0.4, 0.5) is 0 Å². The molecule has 2 fully saturated rings. The molecule has 4 rings (SSSR count). The zero-order valence-corrected chi connectivity index (χ0v) is 19.5. The van der Waals surface area contributed by atoms with Crippen LogP contribution in [0.5, 0.6) is 0 Å². The van der Waals surface area contributed by atoms with E-state index in [9.17, 15) is 8.42 Å². The highest BCUT2D eigenvalue weighted by Gasteiger charge is 2.31. The molecule has 1 saturated carbocycles. The molecule has 0 aromatic heterocycles. The Morgan fingerprint density at radius 2 is 1.30 bits per heavy atom. The highest BCUT2D eigenvalue weighted by molar-refractivity contribution is 7.89. The predicted octanol–water partition coefficient (Wildman–Crippen LogP) is 3.41. The van der Waals surface area contributed by atoms with Crippen LogP contribution < -0.4 is 0 Å². The Morgan fingerprint density at radius 3 is 1.88 bits per heavy atom. The van der Waals surface area contributed by atoms with Crippen molar-refractivity contribution in [3.8, 4) is 0 Å². The third-order valence-corrected chi connectivity index (χ3v) is 8.30. The summed E-state index contributed by atoms with van der Waals surface area (Å²) in [6, 6.07) is 14.0. The molecule has 0 radical (unpaired) electrons. The molecule has 0 bridgehead atoms. The normalized spacial score (nSPS) is 19.2. The Balaban J connectivity index is 0.000000454. The lowest BCUT2D eigenvalue weighted by Gasteiger charge is -2.39. The predicted molar refractivity (Wildman–Crippen MR) is 126 cm³/mol. The molecular weight excluding hydrogens is 444 g/mol. The zero-order chi connectivity index (χ0) is 23.8. The summed E-state index contributed by atoms with van der Waals surface area (Å²) < 4.78 is 27.9. The molecule has 8 nitrogen and oxygen atoms in total. The molecule has 1 aliphatic carbocycles. The van der Waals surface area contributed by atoms with E-state index >= 15 is 0 Å². The number of nitrogens with zero attached hydrogens (tertiary/aromatic N) is 2. The second kappa shape index (κ2) is 11.6. The van der Waals surface area contributed by atoms with Crippen molar-refractivity contribution in [2.45, 2.75) is 55.9 Å². The first kappa shape index (κ1) is 25.1. The third kappa shape index (κ3) is 6.75. The van der Waals surface area contributed by atoms with Crippen LogP contribution in [0.15, 0.2) is 47.4 Å². The van der Waals surface area contributed by atoms with Gasteiger partial charge in [0.1, 0.15) is 0 Å². The molecule has 1 aliphatic heterocycles. The van der Waals surface area contributed by atoms with Gasteiger partial charge in [0.2, 0.25) is 10.0 Å². The smallest absolute Gasteiger partial charge is 0.414 e. The highest BCUT2D eigenvalue weighted by atomic mass is 32.2. The lowest BCUT2D eigenvalue weighted by atomic mass is 9.95. The Labute approximate surface area is 194 Å². The van der Waals surface area contributed by atoms with Crippen molar-refractivity contribution in [1.29, 1.82) is 0 Å². The van der Waals surface area contributed by atoms with E-state index in [1.54, 1.807) is 10.4 Å². The maximum absolute atomic E-state index is 13.1. The van der Waals surface area contributed by atoms with Crippen LogP contribution in [-0.2, 0) is 19.6 Å². The van der Waals surface area contributed by atoms with Gasteiger partial charge >= 0.3 is 11.9 Å².